The van der Waals surface area contributed by atoms with Gasteiger partial charge in [-0.1, -0.05) is 52.2 Å². The van der Waals surface area contributed by atoms with Crippen LogP contribution in [-0.2, 0) is 17.8 Å². The molecule has 0 aliphatic heterocycles. The summed E-state index contributed by atoms with van der Waals surface area (Å²) in [5, 5.41) is 10.4. The molecule has 0 aliphatic carbocycles. The minimum Gasteiger partial charge on any atom is -0.360 e. The van der Waals surface area contributed by atoms with Crippen molar-refractivity contribution in [2.75, 3.05) is 0 Å². The average Bonchev–Trinajstić information content (AvgIpc) is 3.21. The molecule has 2 aromatic heterocycles. The molecule has 0 atom stereocenters. The fraction of sp³-hybridized carbons (Fsp3) is 0.200. The van der Waals surface area contributed by atoms with Crippen molar-refractivity contribution in [3.63, 3.8) is 0 Å². The zero-order valence-corrected chi connectivity index (χ0v) is 12.8. The molecule has 0 unspecified atom stereocenters. The molecule has 0 spiro atoms. The maximum absolute atomic E-state index is 11.8. The summed E-state index contributed by atoms with van der Waals surface area (Å²) in [6, 6.07) is 11.0. The van der Waals surface area contributed by atoms with E-state index in [-0.39, 0.29) is 24.0 Å². The first kappa shape index (κ1) is 15.2. The second-order valence-electron chi connectivity index (χ2n) is 4.77. The lowest BCUT2D eigenvalue weighted by Crippen LogP contribution is -2.23. The van der Waals surface area contributed by atoms with E-state index in [2.05, 4.69) is 20.6 Å². The van der Waals surface area contributed by atoms with E-state index in [0.29, 0.717) is 23.9 Å². The van der Waals surface area contributed by atoms with E-state index < -0.39 is 0 Å². The van der Waals surface area contributed by atoms with E-state index in [1.807, 2.05) is 30.3 Å². The lowest BCUT2D eigenvalue weighted by molar-refractivity contribution is -0.121. The molecule has 1 N–H and O–H groups in total. The first-order chi connectivity index (χ1) is 11.2. The number of aryl methyl sites for hydroxylation is 1. The number of nitrogens with zero attached hydrogens (tertiary/aromatic N) is 3. The van der Waals surface area contributed by atoms with Crippen LogP contribution in [0.15, 0.2) is 45.4 Å². The molecule has 3 aromatic rings. The summed E-state index contributed by atoms with van der Waals surface area (Å²) in [7, 11) is 0. The highest BCUT2D eigenvalue weighted by molar-refractivity contribution is 6.29. The van der Waals surface area contributed by atoms with Gasteiger partial charge in [0.15, 0.2) is 5.15 Å². The summed E-state index contributed by atoms with van der Waals surface area (Å²) in [5.41, 5.74) is 0.857. The van der Waals surface area contributed by atoms with Gasteiger partial charge in [-0.05, 0) is 0 Å². The van der Waals surface area contributed by atoms with Crippen molar-refractivity contribution in [3.8, 4) is 11.4 Å². The number of rotatable bonds is 6. The SMILES string of the molecule is O=C(CCc1cc(Cl)no1)NCc1nc(-c2ccccc2)no1. The van der Waals surface area contributed by atoms with Crippen molar-refractivity contribution in [3.05, 3.63) is 53.2 Å². The Kier molecular flexibility index (Phi) is 4.68. The molecule has 23 heavy (non-hydrogen) atoms. The molecule has 0 bridgehead atoms. The second kappa shape index (κ2) is 7.06. The number of carbonyl (C=O) groups is 1. The third-order valence-electron chi connectivity index (χ3n) is 3.07. The standard InChI is InChI=1S/C15H13ClN4O3/c16-12-8-11(22-19-12)6-7-13(21)17-9-14-18-15(20-23-14)10-4-2-1-3-5-10/h1-5,8H,6-7,9H2,(H,17,21). The lowest BCUT2D eigenvalue weighted by Gasteiger charge is -2.00. The van der Waals surface area contributed by atoms with Gasteiger partial charge in [-0.25, -0.2) is 0 Å². The third kappa shape index (κ3) is 4.17. The van der Waals surface area contributed by atoms with Gasteiger partial charge in [0.2, 0.25) is 17.6 Å². The number of nitrogens with one attached hydrogen (secondary N) is 1. The van der Waals surface area contributed by atoms with Crippen molar-refractivity contribution < 1.29 is 13.8 Å². The molecule has 1 amide bonds. The molecule has 0 fully saturated rings. The van der Waals surface area contributed by atoms with Crippen LogP contribution < -0.4 is 5.32 Å². The molecule has 7 nitrogen and oxygen atoms in total. The quantitative estimate of drug-likeness (QED) is 0.745. The minimum absolute atomic E-state index is 0.156. The maximum Gasteiger partial charge on any atom is 0.246 e. The van der Waals surface area contributed by atoms with E-state index >= 15 is 0 Å². The summed E-state index contributed by atoms with van der Waals surface area (Å²) in [5.74, 6) is 1.25. The molecule has 3 rings (SSSR count). The summed E-state index contributed by atoms with van der Waals surface area (Å²) < 4.78 is 10.0. The molecule has 0 saturated carbocycles. The van der Waals surface area contributed by atoms with Crippen molar-refractivity contribution >= 4 is 17.5 Å². The number of aromatic nitrogens is 3. The van der Waals surface area contributed by atoms with Crippen molar-refractivity contribution in [2.24, 2.45) is 0 Å². The number of carbonyl (C=O) groups excluding carboxylic acids is 1. The van der Waals surface area contributed by atoms with Gasteiger partial charge < -0.3 is 14.4 Å². The summed E-state index contributed by atoms with van der Waals surface area (Å²) in [6.07, 6.45) is 0.676. The molecule has 8 heteroatoms. The first-order valence-corrected chi connectivity index (χ1v) is 7.34. The van der Waals surface area contributed by atoms with E-state index in [4.69, 9.17) is 20.6 Å². The van der Waals surface area contributed by atoms with Gasteiger partial charge in [0.25, 0.3) is 0 Å². The highest BCUT2D eigenvalue weighted by atomic mass is 35.5. The zero-order valence-electron chi connectivity index (χ0n) is 12.0. The predicted molar refractivity (Wildman–Crippen MR) is 81.4 cm³/mol. The largest absolute Gasteiger partial charge is 0.360 e. The Balaban J connectivity index is 1.48. The Morgan fingerprint density at radius 2 is 2.00 bits per heavy atom. The second-order valence-corrected chi connectivity index (χ2v) is 5.16. The summed E-state index contributed by atoms with van der Waals surface area (Å²) in [6.45, 7) is 0.176. The molecule has 0 radical (unpaired) electrons. The highest BCUT2D eigenvalue weighted by Gasteiger charge is 2.10. The fourth-order valence-corrected chi connectivity index (χ4v) is 2.09. The molecule has 2 heterocycles. The van der Waals surface area contributed by atoms with E-state index in [1.165, 1.54) is 0 Å². The normalized spacial score (nSPS) is 10.7. The molecular formula is C15H13ClN4O3. The predicted octanol–water partition coefficient (Wildman–Crippen LogP) is 2.63. The number of hydrogen-bond acceptors (Lipinski definition) is 6. The Morgan fingerprint density at radius 1 is 1.17 bits per heavy atom. The Hall–Kier alpha value is -2.67. The summed E-state index contributed by atoms with van der Waals surface area (Å²) >= 11 is 5.64. The molecular weight excluding hydrogens is 320 g/mol. The van der Waals surface area contributed by atoms with Crippen molar-refractivity contribution in [1.82, 2.24) is 20.6 Å². The van der Waals surface area contributed by atoms with Crippen LogP contribution in [0.5, 0.6) is 0 Å². The molecule has 118 valence electrons. The first-order valence-electron chi connectivity index (χ1n) is 6.96. The molecule has 1 aromatic carbocycles. The van der Waals surface area contributed by atoms with Gasteiger partial charge in [0, 0.05) is 24.5 Å². The van der Waals surface area contributed by atoms with Crippen LogP contribution in [-0.4, -0.2) is 21.2 Å². The van der Waals surface area contributed by atoms with E-state index in [1.54, 1.807) is 6.07 Å². The topological polar surface area (TPSA) is 94.1 Å². The van der Waals surface area contributed by atoms with Crippen LogP contribution in [0.3, 0.4) is 0 Å². The van der Waals surface area contributed by atoms with Crippen molar-refractivity contribution in [2.45, 2.75) is 19.4 Å². The smallest absolute Gasteiger partial charge is 0.246 e. The van der Waals surface area contributed by atoms with E-state index in [9.17, 15) is 4.79 Å². The Labute approximate surface area is 136 Å². The van der Waals surface area contributed by atoms with Gasteiger partial charge >= 0.3 is 0 Å². The average molecular weight is 333 g/mol. The molecule has 0 saturated heterocycles. The third-order valence-corrected chi connectivity index (χ3v) is 3.24. The number of benzene rings is 1. The van der Waals surface area contributed by atoms with Crippen LogP contribution in [0.2, 0.25) is 5.15 Å². The highest BCUT2D eigenvalue weighted by Crippen LogP contribution is 2.14. The summed E-state index contributed by atoms with van der Waals surface area (Å²) in [4.78, 5) is 16.0. The zero-order chi connectivity index (χ0) is 16.1. The van der Waals surface area contributed by atoms with Gasteiger partial charge in [-0.2, -0.15) is 4.98 Å². The van der Waals surface area contributed by atoms with Crippen molar-refractivity contribution in [1.29, 1.82) is 0 Å². The van der Waals surface area contributed by atoms with Crippen LogP contribution in [0.4, 0.5) is 0 Å². The van der Waals surface area contributed by atoms with Crippen LogP contribution in [0.1, 0.15) is 18.1 Å². The van der Waals surface area contributed by atoms with Crippen LogP contribution in [0, 0.1) is 0 Å². The maximum atomic E-state index is 11.8. The van der Waals surface area contributed by atoms with Crippen LogP contribution >= 0.6 is 11.6 Å². The van der Waals surface area contributed by atoms with Gasteiger partial charge in [0.05, 0.1) is 6.54 Å². The van der Waals surface area contributed by atoms with Gasteiger partial charge in [-0.3, -0.25) is 4.79 Å². The van der Waals surface area contributed by atoms with Crippen LogP contribution in [0.25, 0.3) is 11.4 Å². The van der Waals surface area contributed by atoms with Gasteiger partial charge in [-0.15, -0.1) is 0 Å². The number of halogens is 1. The Bertz CT molecular complexity index is 785. The number of hydrogen-bond donors (Lipinski definition) is 1. The van der Waals surface area contributed by atoms with Gasteiger partial charge in [0.1, 0.15) is 5.76 Å². The Morgan fingerprint density at radius 3 is 2.74 bits per heavy atom. The lowest BCUT2D eigenvalue weighted by atomic mass is 10.2. The monoisotopic (exact) mass is 332 g/mol. The number of amides is 1. The van der Waals surface area contributed by atoms with E-state index in [0.717, 1.165) is 5.56 Å². The minimum atomic E-state index is -0.156. The molecule has 0 aliphatic rings. The fourth-order valence-electron chi connectivity index (χ4n) is 1.94.